The van der Waals surface area contributed by atoms with Crippen molar-refractivity contribution in [3.63, 3.8) is 0 Å². The Kier molecular flexibility index (Phi) is 6.65. The minimum atomic E-state index is -0.379. The number of carbonyl (C=O) groups is 1. The first-order chi connectivity index (χ1) is 8.50. The van der Waals surface area contributed by atoms with Crippen LogP contribution in [-0.4, -0.2) is 31.2 Å². The van der Waals surface area contributed by atoms with Crippen LogP contribution in [0.25, 0.3) is 0 Å². The number of ether oxygens (including phenoxy) is 1. The van der Waals surface area contributed by atoms with Crippen molar-refractivity contribution >= 4 is 5.91 Å². The fraction of sp³-hybridized carbons (Fsp3) is 0.929. The summed E-state index contributed by atoms with van der Waals surface area (Å²) in [6.07, 6.45) is 3.95. The average molecular weight is 256 g/mol. The lowest BCUT2D eigenvalue weighted by Crippen LogP contribution is -2.49. The molecule has 2 unspecified atom stereocenters. The Labute approximate surface area is 111 Å². The summed E-state index contributed by atoms with van der Waals surface area (Å²) in [6.45, 7) is 7.91. The van der Waals surface area contributed by atoms with Crippen LogP contribution in [0.15, 0.2) is 0 Å². The van der Waals surface area contributed by atoms with Gasteiger partial charge >= 0.3 is 0 Å². The van der Waals surface area contributed by atoms with Crippen LogP contribution in [-0.2, 0) is 9.53 Å². The summed E-state index contributed by atoms with van der Waals surface area (Å²) in [4.78, 5) is 12.0. The van der Waals surface area contributed by atoms with Crippen LogP contribution in [0.4, 0.5) is 0 Å². The molecule has 1 saturated heterocycles. The van der Waals surface area contributed by atoms with Gasteiger partial charge in [-0.25, -0.2) is 0 Å². The van der Waals surface area contributed by atoms with Gasteiger partial charge in [0.2, 0.25) is 5.91 Å². The lowest BCUT2D eigenvalue weighted by Gasteiger charge is -2.28. The predicted octanol–water partition coefficient (Wildman–Crippen LogP) is 1.68. The third-order valence-corrected chi connectivity index (χ3v) is 3.64. The molecule has 1 amide bonds. The number of amides is 1. The second kappa shape index (κ2) is 7.74. The molecule has 18 heavy (non-hydrogen) atoms. The zero-order chi connectivity index (χ0) is 13.5. The van der Waals surface area contributed by atoms with Crippen LogP contribution >= 0.6 is 0 Å². The van der Waals surface area contributed by atoms with Gasteiger partial charge < -0.3 is 15.8 Å². The molecule has 4 nitrogen and oxygen atoms in total. The van der Waals surface area contributed by atoms with Gasteiger partial charge in [0.15, 0.2) is 0 Å². The minimum absolute atomic E-state index is 0.00171. The molecule has 0 aromatic heterocycles. The fourth-order valence-electron chi connectivity index (χ4n) is 2.28. The van der Waals surface area contributed by atoms with Crippen LogP contribution < -0.4 is 11.1 Å². The number of hydrogen-bond donors (Lipinski definition) is 2. The quantitative estimate of drug-likeness (QED) is 0.760. The molecule has 3 N–H and O–H groups in total. The summed E-state index contributed by atoms with van der Waals surface area (Å²) in [6, 6.07) is -0.166. The molecule has 1 fully saturated rings. The van der Waals surface area contributed by atoms with Crippen molar-refractivity contribution in [2.24, 2.45) is 17.6 Å². The molecule has 0 bridgehead atoms. The van der Waals surface area contributed by atoms with E-state index in [-0.39, 0.29) is 23.9 Å². The molecule has 1 aliphatic heterocycles. The number of carbonyl (C=O) groups excluding carboxylic acids is 1. The Morgan fingerprint density at radius 3 is 2.44 bits per heavy atom. The van der Waals surface area contributed by atoms with Gasteiger partial charge in [0.05, 0.1) is 6.04 Å². The summed E-state index contributed by atoms with van der Waals surface area (Å²) in [5.74, 6) is 0.947. The molecule has 0 saturated carbocycles. The predicted molar refractivity (Wildman–Crippen MR) is 73.2 cm³/mol. The van der Waals surface area contributed by atoms with E-state index in [1.54, 1.807) is 0 Å². The molecule has 0 spiro atoms. The van der Waals surface area contributed by atoms with E-state index >= 15 is 0 Å². The fourth-order valence-corrected chi connectivity index (χ4v) is 2.28. The first-order valence-electron chi connectivity index (χ1n) is 7.14. The Morgan fingerprint density at radius 2 is 1.89 bits per heavy atom. The zero-order valence-electron chi connectivity index (χ0n) is 11.9. The number of nitrogens with two attached hydrogens (primary N) is 1. The Bertz CT molecular complexity index is 250. The van der Waals surface area contributed by atoms with Gasteiger partial charge in [-0.1, -0.05) is 13.8 Å². The highest BCUT2D eigenvalue weighted by atomic mass is 16.5. The molecule has 0 radical (unpaired) electrons. The van der Waals surface area contributed by atoms with Gasteiger partial charge in [0.25, 0.3) is 0 Å². The summed E-state index contributed by atoms with van der Waals surface area (Å²) in [5.41, 5.74) is 6.03. The third kappa shape index (κ3) is 5.36. The van der Waals surface area contributed by atoms with Crippen molar-refractivity contribution < 1.29 is 9.53 Å². The Hall–Kier alpha value is -0.610. The van der Waals surface area contributed by atoms with E-state index in [4.69, 9.17) is 10.5 Å². The van der Waals surface area contributed by atoms with Gasteiger partial charge in [-0.15, -0.1) is 0 Å². The minimum Gasteiger partial charge on any atom is -0.381 e. The maximum absolute atomic E-state index is 12.0. The van der Waals surface area contributed by atoms with Crippen molar-refractivity contribution in [3.05, 3.63) is 0 Å². The first-order valence-corrected chi connectivity index (χ1v) is 7.14. The van der Waals surface area contributed by atoms with E-state index in [0.717, 1.165) is 38.9 Å². The summed E-state index contributed by atoms with van der Waals surface area (Å²) >= 11 is 0. The first kappa shape index (κ1) is 15.4. The number of nitrogens with one attached hydrogen (secondary N) is 1. The van der Waals surface area contributed by atoms with Crippen LogP contribution in [0, 0.1) is 11.8 Å². The van der Waals surface area contributed by atoms with Crippen molar-refractivity contribution in [2.45, 2.75) is 58.5 Å². The number of hydrogen-bond acceptors (Lipinski definition) is 3. The van der Waals surface area contributed by atoms with Crippen molar-refractivity contribution in [2.75, 3.05) is 13.2 Å². The van der Waals surface area contributed by atoms with E-state index < -0.39 is 0 Å². The van der Waals surface area contributed by atoms with E-state index in [2.05, 4.69) is 26.1 Å². The van der Waals surface area contributed by atoms with Crippen LogP contribution in [0.5, 0.6) is 0 Å². The van der Waals surface area contributed by atoms with E-state index in [1.807, 2.05) is 0 Å². The van der Waals surface area contributed by atoms with Gasteiger partial charge in [-0.2, -0.15) is 0 Å². The smallest absolute Gasteiger partial charge is 0.237 e. The second-order valence-corrected chi connectivity index (χ2v) is 5.86. The van der Waals surface area contributed by atoms with Gasteiger partial charge in [-0.05, 0) is 44.4 Å². The molecule has 0 aliphatic carbocycles. The molecule has 2 atom stereocenters. The topological polar surface area (TPSA) is 64.4 Å². The summed E-state index contributed by atoms with van der Waals surface area (Å²) < 4.78 is 5.29. The second-order valence-electron chi connectivity index (χ2n) is 5.86. The van der Waals surface area contributed by atoms with Crippen molar-refractivity contribution in [3.8, 4) is 0 Å². The highest BCUT2D eigenvalue weighted by molar-refractivity contribution is 5.82. The van der Waals surface area contributed by atoms with Gasteiger partial charge in [-0.3, -0.25) is 4.79 Å². The van der Waals surface area contributed by atoms with E-state index in [1.165, 1.54) is 0 Å². The lowest BCUT2D eigenvalue weighted by atomic mass is 9.91. The molecule has 0 aromatic rings. The van der Waals surface area contributed by atoms with E-state index in [0.29, 0.717) is 5.92 Å². The normalized spacial score (nSPS) is 20.7. The Balaban J connectivity index is 2.29. The SMILES string of the molecule is CC(C)CCC(C)NC(=O)C(N)C1CCOCC1. The molecule has 4 heteroatoms. The highest BCUT2D eigenvalue weighted by Gasteiger charge is 2.27. The van der Waals surface area contributed by atoms with E-state index in [9.17, 15) is 4.79 Å². The van der Waals surface area contributed by atoms with Crippen molar-refractivity contribution in [1.82, 2.24) is 5.32 Å². The Morgan fingerprint density at radius 1 is 1.28 bits per heavy atom. The van der Waals surface area contributed by atoms with Crippen molar-refractivity contribution in [1.29, 1.82) is 0 Å². The molecule has 106 valence electrons. The van der Waals surface area contributed by atoms with Crippen LogP contribution in [0.1, 0.15) is 46.5 Å². The van der Waals surface area contributed by atoms with Crippen LogP contribution in [0.2, 0.25) is 0 Å². The molecule has 1 aliphatic rings. The molecular formula is C14H28N2O2. The summed E-state index contributed by atoms with van der Waals surface area (Å²) in [5, 5.41) is 3.03. The maximum Gasteiger partial charge on any atom is 0.237 e. The molecule has 1 heterocycles. The third-order valence-electron chi connectivity index (χ3n) is 3.64. The highest BCUT2D eigenvalue weighted by Crippen LogP contribution is 2.18. The molecule has 0 aromatic carbocycles. The number of rotatable bonds is 6. The lowest BCUT2D eigenvalue weighted by molar-refractivity contribution is -0.125. The summed E-state index contributed by atoms with van der Waals surface area (Å²) in [7, 11) is 0. The maximum atomic E-state index is 12.0. The van der Waals surface area contributed by atoms with Gasteiger partial charge in [0.1, 0.15) is 0 Å². The largest absolute Gasteiger partial charge is 0.381 e. The standard InChI is InChI=1S/C14H28N2O2/c1-10(2)4-5-11(3)16-14(17)13(15)12-6-8-18-9-7-12/h10-13H,4-9,15H2,1-3H3,(H,16,17). The molecule has 1 rings (SSSR count). The average Bonchev–Trinajstić information content (AvgIpc) is 2.36. The monoisotopic (exact) mass is 256 g/mol. The van der Waals surface area contributed by atoms with Crippen LogP contribution in [0.3, 0.4) is 0 Å². The molecular weight excluding hydrogens is 228 g/mol. The zero-order valence-corrected chi connectivity index (χ0v) is 11.9. The van der Waals surface area contributed by atoms with Gasteiger partial charge in [0, 0.05) is 19.3 Å².